The van der Waals surface area contributed by atoms with E-state index in [0.717, 1.165) is 62.6 Å². The number of aromatic nitrogens is 2. The molecule has 2 aliphatic rings. The number of benzene rings is 4. The number of esters is 1. The van der Waals surface area contributed by atoms with Crippen molar-refractivity contribution in [3.63, 3.8) is 0 Å². The molecule has 220 valence electrons. The number of carbonyl (C=O) groups is 1. The van der Waals surface area contributed by atoms with Crippen molar-refractivity contribution in [1.29, 1.82) is 0 Å². The Morgan fingerprint density at radius 3 is 2.02 bits per heavy atom. The lowest BCUT2D eigenvalue weighted by atomic mass is 9.94. The van der Waals surface area contributed by atoms with E-state index in [-0.39, 0.29) is 18.5 Å². The standard InChI is InChI=1S/C41H34N2O2/c1-3-31(12-10-11-27(2)42-37-16-7-4-13-32(37)33-14-5-8-17-38(33)42)43-39-18-9-6-15-34(39)36-25-29(20-22-40(36)43)26-45-41(44)35-24-28-19-21-30(35)23-28/h3-22,25,28,30,35H,1-2,23-24,26H2/b11-10-,31-12+. The predicted molar refractivity (Wildman–Crippen MR) is 186 cm³/mol. The summed E-state index contributed by atoms with van der Waals surface area (Å²) in [4.78, 5) is 12.9. The third kappa shape index (κ3) is 4.56. The van der Waals surface area contributed by atoms with E-state index in [0.29, 0.717) is 11.8 Å². The fourth-order valence-electron chi connectivity index (χ4n) is 7.50. The zero-order chi connectivity index (χ0) is 30.5. The fraction of sp³-hybridized carbons (Fsp3) is 0.146. The van der Waals surface area contributed by atoms with Crippen molar-refractivity contribution in [2.24, 2.45) is 17.8 Å². The lowest BCUT2D eigenvalue weighted by molar-refractivity contribution is -0.150. The second-order valence-electron chi connectivity index (χ2n) is 12.2. The van der Waals surface area contributed by atoms with E-state index >= 15 is 0 Å². The Morgan fingerprint density at radius 1 is 0.778 bits per heavy atom. The summed E-state index contributed by atoms with van der Waals surface area (Å²) in [7, 11) is 0. The highest BCUT2D eigenvalue weighted by Crippen LogP contribution is 2.44. The topological polar surface area (TPSA) is 36.2 Å². The van der Waals surface area contributed by atoms with Gasteiger partial charge >= 0.3 is 5.97 Å². The van der Waals surface area contributed by atoms with Gasteiger partial charge in [-0.1, -0.05) is 92.0 Å². The quantitative estimate of drug-likeness (QED) is 0.101. The smallest absolute Gasteiger partial charge is 0.309 e. The number of carbonyl (C=O) groups excluding carboxylic acids is 1. The molecule has 4 nitrogen and oxygen atoms in total. The van der Waals surface area contributed by atoms with Crippen LogP contribution in [0.25, 0.3) is 55.0 Å². The first-order valence-corrected chi connectivity index (χ1v) is 15.7. The Bertz CT molecular complexity index is 2200. The summed E-state index contributed by atoms with van der Waals surface area (Å²) in [5.41, 5.74) is 7.27. The van der Waals surface area contributed by atoms with Gasteiger partial charge in [-0.15, -0.1) is 0 Å². The SMILES string of the molecule is C=C/C(=C\C=C/C(=C)n1c2ccccc2c2ccccc21)n1c2ccccc2c2cc(COC(=O)C3CC4C=CC3C4)ccc21. The molecule has 2 aliphatic carbocycles. The minimum atomic E-state index is -0.0690. The van der Waals surface area contributed by atoms with Crippen molar-refractivity contribution in [2.75, 3.05) is 0 Å². The van der Waals surface area contributed by atoms with E-state index in [2.05, 4.69) is 138 Å². The number of allylic oxidation sites excluding steroid dienone is 8. The van der Waals surface area contributed by atoms with Crippen LogP contribution in [0.4, 0.5) is 0 Å². The van der Waals surface area contributed by atoms with Gasteiger partial charge in [-0.3, -0.25) is 4.79 Å². The van der Waals surface area contributed by atoms with Gasteiger partial charge in [0.05, 0.1) is 28.0 Å². The molecule has 0 amide bonds. The minimum absolute atomic E-state index is 0.00465. The molecular weight excluding hydrogens is 552 g/mol. The van der Waals surface area contributed by atoms with Crippen LogP contribution in [0.5, 0.6) is 0 Å². The normalized spacial score (nSPS) is 19.5. The minimum Gasteiger partial charge on any atom is -0.461 e. The average molecular weight is 587 g/mol. The molecule has 3 atom stereocenters. The second kappa shape index (κ2) is 11.0. The monoisotopic (exact) mass is 586 g/mol. The maximum absolute atomic E-state index is 12.9. The van der Waals surface area contributed by atoms with Crippen LogP contribution in [0, 0.1) is 17.8 Å². The summed E-state index contributed by atoms with van der Waals surface area (Å²) >= 11 is 0. The molecule has 2 bridgehead atoms. The predicted octanol–water partition coefficient (Wildman–Crippen LogP) is 9.91. The molecular formula is C41H34N2O2. The van der Waals surface area contributed by atoms with E-state index in [9.17, 15) is 4.79 Å². The number of nitrogens with zero attached hydrogens (tertiary/aromatic N) is 2. The molecule has 2 heterocycles. The van der Waals surface area contributed by atoms with Crippen LogP contribution in [0.3, 0.4) is 0 Å². The molecule has 2 aromatic heterocycles. The molecule has 1 fully saturated rings. The zero-order valence-electron chi connectivity index (χ0n) is 25.1. The average Bonchev–Trinajstić information content (AvgIpc) is 3.86. The lowest BCUT2D eigenvalue weighted by Crippen LogP contribution is -2.21. The molecule has 4 aromatic carbocycles. The third-order valence-electron chi connectivity index (χ3n) is 9.59. The highest BCUT2D eigenvalue weighted by molar-refractivity contribution is 6.11. The summed E-state index contributed by atoms with van der Waals surface area (Å²) in [6.07, 6.45) is 14.5. The Balaban J connectivity index is 1.10. The van der Waals surface area contributed by atoms with E-state index < -0.39 is 0 Å². The van der Waals surface area contributed by atoms with E-state index in [1.807, 2.05) is 12.2 Å². The van der Waals surface area contributed by atoms with Gasteiger partial charge in [-0.2, -0.15) is 0 Å². The van der Waals surface area contributed by atoms with Crippen LogP contribution in [0.15, 0.2) is 141 Å². The Labute approximate surface area is 262 Å². The largest absolute Gasteiger partial charge is 0.461 e. The summed E-state index contributed by atoms with van der Waals surface area (Å²) < 4.78 is 10.3. The Kier molecular flexibility index (Phi) is 6.64. The maximum Gasteiger partial charge on any atom is 0.309 e. The van der Waals surface area contributed by atoms with Crippen molar-refractivity contribution < 1.29 is 9.53 Å². The van der Waals surface area contributed by atoms with Crippen LogP contribution >= 0.6 is 0 Å². The lowest BCUT2D eigenvalue weighted by Gasteiger charge is -2.16. The van der Waals surface area contributed by atoms with Gasteiger partial charge in [-0.25, -0.2) is 0 Å². The van der Waals surface area contributed by atoms with Gasteiger partial charge in [0.1, 0.15) is 6.61 Å². The number of para-hydroxylation sites is 3. The maximum atomic E-state index is 12.9. The first-order chi connectivity index (χ1) is 22.1. The van der Waals surface area contributed by atoms with E-state index in [4.69, 9.17) is 4.74 Å². The number of hydrogen-bond acceptors (Lipinski definition) is 2. The summed E-state index contributed by atoms with van der Waals surface area (Å²) in [5, 5.41) is 4.69. The number of rotatable bonds is 8. The van der Waals surface area contributed by atoms with Gasteiger partial charge in [0.2, 0.25) is 0 Å². The third-order valence-corrected chi connectivity index (χ3v) is 9.59. The molecule has 1 saturated carbocycles. The van der Waals surface area contributed by atoms with Gasteiger partial charge < -0.3 is 13.9 Å². The van der Waals surface area contributed by atoms with Crippen molar-refractivity contribution in [3.8, 4) is 0 Å². The molecule has 0 spiro atoms. The first kappa shape index (κ1) is 27.2. The van der Waals surface area contributed by atoms with Crippen LogP contribution in [-0.2, 0) is 16.1 Å². The number of ether oxygens (including phenoxy) is 1. The van der Waals surface area contributed by atoms with E-state index in [1.165, 1.54) is 10.8 Å². The molecule has 0 saturated heterocycles. The number of hydrogen-bond donors (Lipinski definition) is 0. The molecule has 8 rings (SSSR count). The highest BCUT2D eigenvalue weighted by atomic mass is 16.5. The fourth-order valence-corrected chi connectivity index (χ4v) is 7.50. The van der Waals surface area contributed by atoms with Gasteiger partial charge in [0.15, 0.2) is 0 Å². The van der Waals surface area contributed by atoms with Gasteiger partial charge in [0, 0.05) is 32.9 Å². The number of fused-ring (bicyclic) bond motifs is 8. The molecule has 45 heavy (non-hydrogen) atoms. The highest BCUT2D eigenvalue weighted by Gasteiger charge is 2.40. The van der Waals surface area contributed by atoms with E-state index in [1.54, 1.807) is 0 Å². The molecule has 3 unspecified atom stereocenters. The molecule has 0 N–H and O–H groups in total. The van der Waals surface area contributed by atoms with Crippen molar-refractivity contribution in [3.05, 3.63) is 146 Å². The van der Waals surface area contributed by atoms with Crippen LogP contribution in [0.1, 0.15) is 18.4 Å². The zero-order valence-corrected chi connectivity index (χ0v) is 25.1. The molecule has 0 aliphatic heterocycles. The summed E-state index contributed by atoms with van der Waals surface area (Å²) in [5.74, 6) is 0.828. The van der Waals surface area contributed by atoms with Gasteiger partial charge in [-0.05, 0) is 78.8 Å². The van der Waals surface area contributed by atoms with Crippen molar-refractivity contribution in [1.82, 2.24) is 9.13 Å². The molecule has 4 heteroatoms. The Hall–Kier alpha value is -5.35. The summed E-state index contributed by atoms with van der Waals surface area (Å²) in [6, 6.07) is 31.6. The van der Waals surface area contributed by atoms with Gasteiger partial charge in [0.25, 0.3) is 0 Å². The van der Waals surface area contributed by atoms with Crippen LogP contribution < -0.4 is 0 Å². The molecule has 0 radical (unpaired) electrons. The van der Waals surface area contributed by atoms with Crippen LogP contribution in [0.2, 0.25) is 0 Å². The summed E-state index contributed by atoms with van der Waals surface area (Å²) in [6.45, 7) is 8.88. The molecule has 6 aromatic rings. The van der Waals surface area contributed by atoms with Crippen LogP contribution in [-0.4, -0.2) is 15.1 Å². The second-order valence-corrected chi connectivity index (χ2v) is 12.2. The first-order valence-electron chi connectivity index (χ1n) is 15.7. The van der Waals surface area contributed by atoms with Crippen molar-refractivity contribution >= 4 is 61.0 Å². The van der Waals surface area contributed by atoms with Crippen molar-refractivity contribution in [2.45, 2.75) is 19.4 Å². The Morgan fingerprint density at radius 2 is 1.40 bits per heavy atom.